The van der Waals surface area contributed by atoms with Crippen LogP contribution in [0, 0.1) is 45.3 Å². The van der Waals surface area contributed by atoms with Crippen molar-refractivity contribution in [3.63, 3.8) is 0 Å². The number of rotatable bonds is 53. The molecule has 5 amide bonds. The number of Topliss-reactive ketones (excluding diaryl/α,β-unsaturated/α-hetero) is 3. The van der Waals surface area contributed by atoms with Gasteiger partial charge in [0.05, 0.1) is 24.2 Å². The molecule has 0 heterocycles. The van der Waals surface area contributed by atoms with E-state index in [9.17, 15) is 87.2 Å². The highest BCUT2D eigenvalue weighted by molar-refractivity contribution is 5.89. The van der Waals surface area contributed by atoms with Crippen LogP contribution in [0.15, 0.2) is 0 Å². The molecule has 0 saturated heterocycles. The van der Waals surface area contributed by atoms with Gasteiger partial charge in [0.15, 0.2) is 17.3 Å². The lowest BCUT2D eigenvalue weighted by Gasteiger charge is -2.28. The molecule has 0 bridgehead atoms. The summed E-state index contributed by atoms with van der Waals surface area (Å²) in [5.74, 6) is -11.8. The van der Waals surface area contributed by atoms with Gasteiger partial charge in [0.25, 0.3) is 0 Å². The molecule has 0 rings (SSSR count). The molecule has 24 N–H and O–H groups in total. The SMILES string of the molecule is CC(C)(C)C[C@@H](CCC(=O)O)C(=O)NC(CCC(=O)[C@H](CN)NC(C)(C)C)C(=O)O.CC(C)(C)C[C@@H](CCC(=O)O)C(=O)NC(CCCCC(=O)[C@H](CN)NC(C)(C)C)C(=O)O.CC(C)(C)C[C@@H](CCC(=O)O)C(=O)NC(CCNC(=O)[C@H](CN)NC(C)(C)C)C(=O)O.CC(C)(C)C[C@@H](CCC(=O)O)C(=O)NCCCC(=O)[C@H](CN)NC(C)(C)C. The van der Waals surface area contributed by atoms with Crippen LogP contribution in [0.1, 0.15) is 301 Å². The third-order valence-corrected chi connectivity index (χ3v) is 17.9. The van der Waals surface area contributed by atoms with Crippen LogP contribution in [0.2, 0.25) is 0 Å². The Morgan fingerprint density at radius 2 is 0.492 bits per heavy atom. The fourth-order valence-electron chi connectivity index (χ4n) is 12.8. The number of nitrogens with one attached hydrogen (secondary N) is 9. The van der Waals surface area contributed by atoms with Gasteiger partial charge in [0, 0.05) is 130 Å². The lowest BCUT2D eigenvalue weighted by atomic mass is 9.82. The quantitative estimate of drug-likeness (QED) is 0.0284. The highest BCUT2D eigenvalue weighted by Crippen LogP contribution is 2.32. The van der Waals surface area contributed by atoms with E-state index in [2.05, 4.69) is 47.9 Å². The van der Waals surface area contributed by atoms with Crippen molar-refractivity contribution in [2.24, 2.45) is 68.3 Å². The Morgan fingerprint density at radius 3 is 0.750 bits per heavy atom. The van der Waals surface area contributed by atoms with Crippen molar-refractivity contribution in [2.75, 3.05) is 39.3 Å². The number of carbonyl (C=O) groups excluding carboxylic acids is 8. The summed E-state index contributed by atoms with van der Waals surface area (Å²) >= 11 is 0. The maximum Gasteiger partial charge on any atom is 0.326 e. The molecule has 0 aromatic carbocycles. The highest BCUT2D eigenvalue weighted by atomic mass is 16.4. The van der Waals surface area contributed by atoms with Gasteiger partial charge in [0.2, 0.25) is 29.5 Å². The molecule has 120 heavy (non-hydrogen) atoms. The first-order valence-corrected chi connectivity index (χ1v) is 41.9. The molecule has 0 saturated carbocycles. The number of amides is 5. The summed E-state index contributed by atoms with van der Waals surface area (Å²) in [5, 5.41) is 89.8. The van der Waals surface area contributed by atoms with Gasteiger partial charge < -0.3 is 107 Å². The van der Waals surface area contributed by atoms with Crippen LogP contribution in [-0.2, 0) is 71.9 Å². The summed E-state index contributed by atoms with van der Waals surface area (Å²) in [7, 11) is 0. The molecule has 0 fully saturated rings. The van der Waals surface area contributed by atoms with Gasteiger partial charge in [0.1, 0.15) is 18.1 Å². The number of aliphatic carboxylic acids is 7. The van der Waals surface area contributed by atoms with Crippen LogP contribution in [0.4, 0.5) is 0 Å². The number of ketones is 3. The number of carboxylic acid groups (broad SMARTS) is 7. The molecule has 698 valence electrons. The number of carbonyl (C=O) groups is 15. The van der Waals surface area contributed by atoms with Crippen molar-refractivity contribution in [1.29, 1.82) is 0 Å². The molecule has 35 nitrogen and oxygen atoms in total. The minimum atomic E-state index is -1.24. The molecule has 0 aliphatic heterocycles. The second-order valence-electron chi connectivity index (χ2n) is 40.2. The standard InChI is InChI=1S/C23H43N3O6.C21H40N4O6.C21H39N3O6.C20H39N3O4/c1-22(2,3)13-15(11-12-19(28)29)20(30)25-16(21(31)32)9-7-8-10-18(27)17(14-24)26-23(4,5)6;1-20(2,3)11-13(7-8-16(26)27)17(28)24-14(19(30)31)9-10-23-18(29)15(12-22)25-21(4,5)6;1-20(2,3)11-13(7-10-17(26)27)18(28)23-14(19(29)30)8-9-16(25)15(12-22)24-21(4,5)6;1-19(2,3)12-14(9-10-17(25)26)18(27)22-11-7-8-16(24)15(13-21)23-20(4,5)6/h15-17,26H,7-14,24H2,1-6H3,(H,25,30)(H,28,29)(H,31,32);13-15,25H,7-12,22H2,1-6H3,(H,23,29)(H,24,28)(H,26,27)(H,30,31);13-15,24H,7-12,22H2,1-6H3,(H,23,28)(H,26,27)(H,29,30);14-15,23H,7-13,21H2,1-6H3,(H,22,27)(H,25,26)/t15-,16?,17+;2*13-,14?,15+;14-,15+/m1111/s1. The first-order valence-electron chi connectivity index (χ1n) is 41.9. The summed E-state index contributed by atoms with van der Waals surface area (Å²) in [6, 6.07) is -5.57. The molecule has 0 aromatic rings. The Bertz CT molecular complexity index is 3190. The van der Waals surface area contributed by atoms with Gasteiger partial charge >= 0.3 is 41.8 Å². The molecule has 3 unspecified atom stereocenters. The summed E-state index contributed by atoms with van der Waals surface area (Å²) in [6.07, 6.45) is 4.25. The molecule has 11 atom stereocenters. The number of carboxylic acids is 7. The zero-order chi connectivity index (χ0) is 94.5. The lowest BCUT2D eigenvalue weighted by Crippen LogP contribution is -2.55. The summed E-state index contributed by atoms with van der Waals surface area (Å²) < 4.78 is 0. The van der Waals surface area contributed by atoms with Gasteiger partial charge in [-0.15, -0.1) is 0 Å². The van der Waals surface area contributed by atoms with E-state index in [0.717, 1.165) is 0 Å². The topological polar surface area (TPSA) is 610 Å². The maximum atomic E-state index is 12.7. The molecular weight excluding hydrogens is 1560 g/mol. The number of nitrogens with two attached hydrogens (primary N) is 4. The van der Waals surface area contributed by atoms with E-state index < -0.39 is 114 Å². The lowest BCUT2D eigenvalue weighted by molar-refractivity contribution is -0.143. The number of hydrogen-bond donors (Lipinski definition) is 20. The smallest absolute Gasteiger partial charge is 0.326 e. The second-order valence-corrected chi connectivity index (χ2v) is 40.2. The van der Waals surface area contributed by atoms with Gasteiger partial charge in [-0.2, -0.15) is 0 Å². The van der Waals surface area contributed by atoms with E-state index in [0.29, 0.717) is 64.3 Å². The van der Waals surface area contributed by atoms with Crippen molar-refractivity contribution in [2.45, 2.75) is 365 Å². The normalized spacial score (nSPS) is 14.9. The fourth-order valence-corrected chi connectivity index (χ4v) is 12.8. The second kappa shape index (κ2) is 56.9. The van der Waals surface area contributed by atoms with Crippen LogP contribution in [-0.4, -0.2) is 228 Å². The Labute approximate surface area is 714 Å². The fraction of sp³-hybridized carbons (Fsp3) is 0.824. The molecule has 35 heteroatoms. The van der Waals surface area contributed by atoms with Crippen molar-refractivity contribution < 1.29 is 108 Å². The Kier molecular flexibility index (Phi) is 56.3. The number of hydrogen-bond acceptors (Lipinski definition) is 23. The third kappa shape index (κ3) is 66.0. The molecule has 0 aromatic heterocycles. The Balaban J connectivity index is -0.000000749. The molecular formula is C85H161N13O22. The highest BCUT2D eigenvalue weighted by Gasteiger charge is 2.36. The van der Waals surface area contributed by atoms with Crippen LogP contribution < -0.4 is 70.8 Å². The minimum Gasteiger partial charge on any atom is -0.481 e. The number of unbranched alkanes of at least 4 members (excludes halogenated alkanes) is 1. The van der Waals surface area contributed by atoms with E-state index in [1.165, 1.54) is 0 Å². The summed E-state index contributed by atoms with van der Waals surface area (Å²) in [5.41, 5.74) is 20.9. The molecule has 0 aliphatic carbocycles. The van der Waals surface area contributed by atoms with Crippen molar-refractivity contribution in [3.8, 4) is 0 Å². The first kappa shape index (κ1) is 119. The molecule has 0 radical (unpaired) electrons. The molecule has 0 aliphatic rings. The van der Waals surface area contributed by atoms with Crippen LogP contribution in [0.3, 0.4) is 0 Å². The zero-order valence-corrected chi connectivity index (χ0v) is 77.0. The Morgan fingerprint density at radius 1 is 0.250 bits per heavy atom. The predicted molar refractivity (Wildman–Crippen MR) is 462 cm³/mol. The van der Waals surface area contributed by atoms with Crippen molar-refractivity contribution >= 4 is 88.7 Å². The molecule has 0 spiro atoms. The van der Waals surface area contributed by atoms with Gasteiger partial charge in [-0.25, -0.2) is 14.4 Å². The van der Waals surface area contributed by atoms with Crippen molar-refractivity contribution in [1.82, 2.24) is 47.9 Å². The summed E-state index contributed by atoms with van der Waals surface area (Å²) in [6.45, 7) is 47.7. The zero-order valence-electron chi connectivity index (χ0n) is 77.0. The third-order valence-electron chi connectivity index (χ3n) is 17.9. The largest absolute Gasteiger partial charge is 0.481 e. The van der Waals surface area contributed by atoms with Crippen LogP contribution in [0.25, 0.3) is 0 Å². The van der Waals surface area contributed by atoms with Crippen LogP contribution in [0.5, 0.6) is 0 Å². The van der Waals surface area contributed by atoms with Gasteiger partial charge in [-0.3, -0.25) is 57.5 Å². The Hall–Kier alpha value is -7.67. The monoisotopic (exact) mass is 1720 g/mol. The average Bonchev–Trinajstić information content (AvgIpc) is 0.877. The first-order chi connectivity index (χ1) is 54.4. The average molecular weight is 1720 g/mol. The van der Waals surface area contributed by atoms with Gasteiger partial charge in [-0.05, 0) is 188 Å². The van der Waals surface area contributed by atoms with Crippen LogP contribution >= 0.6 is 0 Å². The van der Waals surface area contributed by atoms with Gasteiger partial charge in [-0.1, -0.05) is 89.5 Å². The predicted octanol–water partition coefficient (Wildman–Crippen LogP) is 6.63. The summed E-state index contributed by atoms with van der Waals surface area (Å²) in [4.78, 5) is 178. The van der Waals surface area contributed by atoms with E-state index >= 15 is 0 Å². The van der Waals surface area contributed by atoms with E-state index in [1.54, 1.807) is 0 Å². The van der Waals surface area contributed by atoms with E-state index in [1.807, 2.05) is 166 Å². The van der Waals surface area contributed by atoms with E-state index in [4.69, 9.17) is 43.4 Å². The minimum absolute atomic E-state index is 0.0131. The van der Waals surface area contributed by atoms with E-state index in [-0.39, 0.29) is 195 Å². The maximum absolute atomic E-state index is 12.7. The van der Waals surface area contributed by atoms with Crippen molar-refractivity contribution in [3.05, 3.63) is 0 Å².